The summed E-state index contributed by atoms with van der Waals surface area (Å²) in [6, 6.07) is 0. The van der Waals surface area contributed by atoms with Crippen LogP contribution >= 0.6 is 11.3 Å². The SMILES string of the molecule is Cc1cn2nc(N3CCn4c(C)nnc4C3)sc2n1. The molecule has 0 N–H and O–H groups in total. The van der Waals surface area contributed by atoms with Crippen LogP contribution in [-0.4, -0.2) is 35.9 Å². The molecule has 0 spiro atoms. The average molecular weight is 275 g/mol. The highest BCUT2D eigenvalue weighted by Crippen LogP contribution is 2.26. The minimum atomic E-state index is 0.760. The van der Waals surface area contributed by atoms with Crippen LogP contribution in [-0.2, 0) is 13.1 Å². The monoisotopic (exact) mass is 275 g/mol. The Bertz CT molecular complexity index is 721. The first-order valence-electron chi connectivity index (χ1n) is 6.17. The highest BCUT2D eigenvalue weighted by atomic mass is 32.1. The molecule has 0 aromatic carbocycles. The van der Waals surface area contributed by atoms with Crippen molar-refractivity contribution in [3.8, 4) is 0 Å². The molecule has 0 saturated carbocycles. The molecular formula is C11H13N7S. The van der Waals surface area contributed by atoms with E-state index >= 15 is 0 Å². The van der Waals surface area contributed by atoms with Gasteiger partial charge in [-0.2, -0.15) is 0 Å². The summed E-state index contributed by atoms with van der Waals surface area (Å²) in [7, 11) is 0. The summed E-state index contributed by atoms with van der Waals surface area (Å²) >= 11 is 1.62. The Labute approximate surface area is 113 Å². The van der Waals surface area contributed by atoms with E-state index in [4.69, 9.17) is 0 Å². The predicted molar refractivity (Wildman–Crippen MR) is 71.4 cm³/mol. The Hall–Kier alpha value is -1.96. The standard InChI is InChI=1S/C11H13N7S/c1-7-5-18-10(12-7)19-11(15-18)16-3-4-17-8(2)13-14-9(17)6-16/h5H,3-4,6H2,1-2H3. The Balaban J connectivity index is 1.68. The molecule has 0 bridgehead atoms. The van der Waals surface area contributed by atoms with Gasteiger partial charge in [0.2, 0.25) is 10.1 Å². The van der Waals surface area contributed by atoms with E-state index in [2.05, 4.69) is 29.7 Å². The van der Waals surface area contributed by atoms with Gasteiger partial charge in [-0.15, -0.1) is 15.3 Å². The van der Waals surface area contributed by atoms with Crippen LogP contribution in [0.4, 0.5) is 5.13 Å². The van der Waals surface area contributed by atoms with E-state index in [-0.39, 0.29) is 0 Å². The molecule has 0 aliphatic carbocycles. The molecule has 0 radical (unpaired) electrons. The summed E-state index contributed by atoms with van der Waals surface area (Å²) in [5, 5.41) is 13.9. The van der Waals surface area contributed by atoms with Crippen molar-refractivity contribution in [2.75, 3.05) is 11.4 Å². The normalized spacial score (nSPS) is 15.2. The fourth-order valence-corrected chi connectivity index (χ4v) is 3.35. The van der Waals surface area contributed by atoms with Gasteiger partial charge < -0.3 is 9.47 Å². The van der Waals surface area contributed by atoms with E-state index in [0.717, 1.165) is 47.1 Å². The molecule has 4 heterocycles. The maximum absolute atomic E-state index is 4.58. The van der Waals surface area contributed by atoms with E-state index in [1.165, 1.54) is 0 Å². The Morgan fingerprint density at radius 3 is 2.95 bits per heavy atom. The zero-order chi connectivity index (χ0) is 13.0. The molecule has 0 amide bonds. The van der Waals surface area contributed by atoms with Gasteiger partial charge in [0.25, 0.3) is 0 Å². The van der Waals surface area contributed by atoms with Crippen molar-refractivity contribution in [3.05, 3.63) is 23.5 Å². The lowest BCUT2D eigenvalue weighted by Gasteiger charge is -2.26. The molecule has 7 nitrogen and oxygen atoms in total. The summed E-state index contributed by atoms with van der Waals surface area (Å²) in [5.41, 5.74) is 0.999. The maximum atomic E-state index is 4.58. The smallest absolute Gasteiger partial charge is 0.214 e. The molecule has 0 atom stereocenters. The third-order valence-corrected chi connectivity index (χ3v) is 4.34. The van der Waals surface area contributed by atoms with Gasteiger partial charge in [-0.1, -0.05) is 11.3 Å². The number of aromatic nitrogens is 6. The number of nitrogens with zero attached hydrogens (tertiary/aromatic N) is 7. The topological polar surface area (TPSA) is 64.1 Å². The maximum Gasteiger partial charge on any atom is 0.214 e. The predicted octanol–water partition coefficient (Wildman–Crippen LogP) is 1.02. The van der Waals surface area contributed by atoms with Crippen LogP contribution in [0, 0.1) is 13.8 Å². The fraction of sp³-hybridized carbons (Fsp3) is 0.455. The van der Waals surface area contributed by atoms with Crippen LogP contribution in [0.2, 0.25) is 0 Å². The zero-order valence-corrected chi connectivity index (χ0v) is 11.6. The molecule has 8 heteroatoms. The number of hydrogen-bond acceptors (Lipinski definition) is 6. The molecule has 3 aromatic heterocycles. The van der Waals surface area contributed by atoms with E-state index in [0.29, 0.717) is 0 Å². The number of hydrogen-bond donors (Lipinski definition) is 0. The summed E-state index contributed by atoms with van der Waals surface area (Å²) in [5.74, 6) is 1.99. The number of imidazole rings is 1. The molecule has 98 valence electrons. The van der Waals surface area contributed by atoms with Gasteiger partial charge in [0.05, 0.1) is 18.4 Å². The Morgan fingerprint density at radius 1 is 1.21 bits per heavy atom. The largest absolute Gasteiger partial charge is 0.337 e. The molecule has 0 fully saturated rings. The van der Waals surface area contributed by atoms with Gasteiger partial charge in [0, 0.05) is 13.1 Å². The number of fused-ring (bicyclic) bond motifs is 2. The summed E-state index contributed by atoms with van der Waals surface area (Å²) < 4.78 is 4.01. The molecule has 3 aromatic rings. The second kappa shape index (κ2) is 3.77. The minimum absolute atomic E-state index is 0.760. The second-order valence-electron chi connectivity index (χ2n) is 4.73. The van der Waals surface area contributed by atoms with Gasteiger partial charge >= 0.3 is 0 Å². The third-order valence-electron chi connectivity index (χ3n) is 3.36. The highest BCUT2D eigenvalue weighted by Gasteiger charge is 2.22. The highest BCUT2D eigenvalue weighted by molar-refractivity contribution is 7.20. The van der Waals surface area contributed by atoms with Gasteiger partial charge in [-0.25, -0.2) is 9.50 Å². The number of aryl methyl sites for hydroxylation is 2. The van der Waals surface area contributed by atoms with Crippen molar-refractivity contribution in [3.63, 3.8) is 0 Å². The summed E-state index contributed by atoms with van der Waals surface area (Å²) in [6.07, 6.45) is 1.95. The Morgan fingerprint density at radius 2 is 2.11 bits per heavy atom. The van der Waals surface area contributed by atoms with E-state index in [1.807, 2.05) is 24.6 Å². The molecule has 4 rings (SSSR count). The third kappa shape index (κ3) is 1.63. The van der Waals surface area contributed by atoms with Gasteiger partial charge in [0.1, 0.15) is 5.82 Å². The van der Waals surface area contributed by atoms with Crippen LogP contribution in [0.1, 0.15) is 17.3 Å². The zero-order valence-electron chi connectivity index (χ0n) is 10.7. The Kier molecular flexibility index (Phi) is 2.16. The molecular weight excluding hydrogens is 262 g/mol. The molecule has 1 aliphatic rings. The molecule has 19 heavy (non-hydrogen) atoms. The minimum Gasteiger partial charge on any atom is -0.337 e. The molecule has 0 saturated heterocycles. The number of anilines is 1. The van der Waals surface area contributed by atoms with Crippen molar-refractivity contribution in [2.24, 2.45) is 0 Å². The van der Waals surface area contributed by atoms with Crippen molar-refractivity contribution >= 4 is 21.4 Å². The number of rotatable bonds is 1. The van der Waals surface area contributed by atoms with Crippen molar-refractivity contribution in [1.29, 1.82) is 0 Å². The molecule has 0 unspecified atom stereocenters. The van der Waals surface area contributed by atoms with Crippen LogP contribution in [0.5, 0.6) is 0 Å². The lowest BCUT2D eigenvalue weighted by atomic mass is 10.4. The fourth-order valence-electron chi connectivity index (χ4n) is 2.39. The van der Waals surface area contributed by atoms with Gasteiger partial charge in [-0.05, 0) is 13.8 Å². The van der Waals surface area contributed by atoms with Crippen LogP contribution < -0.4 is 4.90 Å². The van der Waals surface area contributed by atoms with Crippen LogP contribution in [0.3, 0.4) is 0 Å². The van der Waals surface area contributed by atoms with Crippen molar-refractivity contribution < 1.29 is 0 Å². The average Bonchev–Trinajstić information content (AvgIpc) is 3.02. The van der Waals surface area contributed by atoms with Crippen LogP contribution in [0.25, 0.3) is 4.96 Å². The van der Waals surface area contributed by atoms with Gasteiger partial charge in [0.15, 0.2) is 5.82 Å². The van der Waals surface area contributed by atoms with Crippen molar-refractivity contribution in [2.45, 2.75) is 26.9 Å². The van der Waals surface area contributed by atoms with E-state index in [9.17, 15) is 0 Å². The first-order valence-corrected chi connectivity index (χ1v) is 6.99. The van der Waals surface area contributed by atoms with E-state index < -0.39 is 0 Å². The molecule has 1 aliphatic heterocycles. The van der Waals surface area contributed by atoms with Gasteiger partial charge in [-0.3, -0.25) is 0 Å². The lowest BCUT2D eigenvalue weighted by Crippen LogP contribution is -2.34. The van der Waals surface area contributed by atoms with Crippen molar-refractivity contribution in [1.82, 2.24) is 29.4 Å². The lowest BCUT2D eigenvalue weighted by molar-refractivity contribution is 0.548. The summed E-state index contributed by atoms with van der Waals surface area (Å²) in [6.45, 7) is 6.58. The first kappa shape index (κ1) is 10.9. The second-order valence-corrected chi connectivity index (χ2v) is 5.67. The first-order chi connectivity index (χ1) is 9.20. The summed E-state index contributed by atoms with van der Waals surface area (Å²) in [4.78, 5) is 7.61. The quantitative estimate of drug-likeness (QED) is 0.663. The van der Waals surface area contributed by atoms with E-state index in [1.54, 1.807) is 11.3 Å². The van der Waals surface area contributed by atoms with Crippen LogP contribution in [0.15, 0.2) is 6.20 Å².